The lowest BCUT2D eigenvalue weighted by Gasteiger charge is -2.17. The van der Waals surface area contributed by atoms with Crippen LogP contribution in [-0.2, 0) is 9.59 Å². The van der Waals surface area contributed by atoms with Crippen LogP contribution in [0.15, 0.2) is 77.5 Å². The van der Waals surface area contributed by atoms with Gasteiger partial charge in [0.2, 0.25) is 0 Å². The van der Waals surface area contributed by atoms with E-state index in [1.807, 2.05) is 18.2 Å². The minimum Gasteiger partial charge on any atom is -0.423 e. The first kappa shape index (κ1) is 24.8. The van der Waals surface area contributed by atoms with Crippen LogP contribution in [-0.4, -0.2) is 17.8 Å². The summed E-state index contributed by atoms with van der Waals surface area (Å²) in [7, 11) is 0. The number of carbonyl (C=O) groups excluding carboxylic acids is 3. The molecule has 35 heavy (non-hydrogen) atoms. The normalized spacial score (nSPS) is 13.6. The minimum absolute atomic E-state index is 0.117. The van der Waals surface area contributed by atoms with Gasteiger partial charge in [-0.05, 0) is 66.1 Å². The van der Waals surface area contributed by atoms with Gasteiger partial charge in [-0.2, -0.15) is 0 Å². The molecule has 0 aliphatic carbocycles. The number of halogens is 3. The number of benzene rings is 3. The summed E-state index contributed by atoms with van der Waals surface area (Å²) >= 11 is 18.3. The summed E-state index contributed by atoms with van der Waals surface area (Å²) in [6, 6.07) is 18.0. The highest BCUT2D eigenvalue weighted by atomic mass is 35.5. The smallest absolute Gasteiger partial charge is 0.343 e. The molecule has 0 radical (unpaired) electrons. The summed E-state index contributed by atoms with van der Waals surface area (Å²) in [5.74, 6) is -1.18. The van der Waals surface area contributed by atoms with Gasteiger partial charge in [-0.25, -0.2) is 9.69 Å². The van der Waals surface area contributed by atoms with Crippen LogP contribution in [0.5, 0.6) is 5.75 Å². The average molecular weight is 530 g/mol. The number of hydrogen-bond donors (Lipinski definition) is 1. The van der Waals surface area contributed by atoms with Gasteiger partial charge in [-0.3, -0.25) is 9.59 Å². The number of imide groups is 1. The molecule has 1 heterocycles. The third-order valence-corrected chi connectivity index (χ3v) is 6.21. The lowest BCUT2D eigenvalue weighted by Crippen LogP contribution is -2.32. The van der Waals surface area contributed by atoms with E-state index in [0.29, 0.717) is 27.9 Å². The average Bonchev–Trinajstić information content (AvgIpc) is 3.04. The zero-order valence-electron chi connectivity index (χ0n) is 18.6. The number of hydrogen-bond acceptors (Lipinski definition) is 5. The standard InChI is InChI=1S/C26H19Cl3N2O4/c1-14(2)16-4-3-5-19(12-16)35-26(34)15-6-9-18(10-7-15)30-23-22(29)24(32)31(25(23)33)21-13-17(27)8-11-20(21)28/h3-14,30H,1-2H3. The van der Waals surface area contributed by atoms with Crippen molar-refractivity contribution in [3.63, 3.8) is 0 Å². The van der Waals surface area contributed by atoms with Crippen LogP contribution in [0, 0.1) is 0 Å². The maximum atomic E-state index is 13.0. The van der Waals surface area contributed by atoms with E-state index < -0.39 is 17.8 Å². The summed E-state index contributed by atoms with van der Waals surface area (Å²) in [5.41, 5.74) is 1.82. The molecule has 6 nitrogen and oxygen atoms in total. The largest absolute Gasteiger partial charge is 0.423 e. The zero-order chi connectivity index (χ0) is 25.3. The van der Waals surface area contributed by atoms with E-state index in [1.165, 1.54) is 24.3 Å². The first-order chi connectivity index (χ1) is 16.7. The maximum Gasteiger partial charge on any atom is 0.343 e. The molecule has 1 aliphatic heterocycles. The molecule has 3 aromatic rings. The first-order valence-electron chi connectivity index (χ1n) is 10.6. The fraction of sp³-hybridized carbons (Fsp3) is 0.115. The molecule has 0 atom stereocenters. The van der Waals surface area contributed by atoms with Crippen molar-refractivity contribution in [2.24, 2.45) is 0 Å². The van der Waals surface area contributed by atoms with Crippen LogP contribution < -0.4 is 15.0 Å². The third kappa shape index (κ3) is 5.20. The number of anilines is 2. The molecule has 2 amide bonds. The van der Waals surface area contributed by atoms with Crippen LogP contribution in [0.1, 0.15) is 35.7 Å². The topological polar surface area (TPSA) is 75.7 Å². The number of ether oxygens (including phenoxy) is 1. The van der Waals surface area contributed by atoms with Crippen LogP contribution in [0.3, 0.4) is 0 Å². The molecule has 0 fully saturated rings. The monoisotopic (exact) mass is 528 g/mol. The van der Waals surface area contributed by atoms with Gasteiger partial charge >= 0.3 is 5.97 Å². The van der Waals surface area contributed by atoms with E-state index in [4.69, 9.17) is 39.5 Å². The maximum absolute atomic E-state index is 13.0. The van der Waals surface area contributed by atoms with E-state index in [-0.39, 0.29) is 21.4 Å². The van der Waals surface area contributed by atoms with Crippen LogP contribution in [0.25, 0.3) is 0 Å². The van der Waals surface area contributed by atoms with Gasteiger partial charge in [0.1, 0.15) is 16.5 Å². The molecular formula is C26H19Cl3N2O4. The second-order valence-corrected chi connectivity index (χ2v) is 9.27. The van der Waals surface area contributed by atoms with Crippen LogP contribution >= 0.6 is 34.8 Å². The quantitative estimate of drug-likeness (QED) is 0.217. The van der Waals surface area contributed by atoms with Gasteiger partial charge in [-0.1, -0.05) is 60.8 Å². The Hall–Kier alpha value is -3.32. The molecule has 3 aromatic carbocycles. The highest BCUT2D eigenvalue weighted by Gasteiger charge is 2.40. The van der Waals surface area contributed by atoms with Crippen molar-refractivity contribution in [1.82, 2.24) is 0 Å². The Bertz CT molecular complexity index is 1370. The summed E-state index contributed by atoms with van der Waals surface area (Å²) in [6.07, 6.45) is 0. The van der Waals surface area contributed by atoms with E-state index >= 15 is 0 Å². The van der Waals surface area contributed by atoms with E-state index in [0.717, 1.165) is 10.5 Å². The number of esters is 1. The Kier molecular flexibility index (Phi) is 7.17. The SMILES string of the molecule is CC(C)c1cccc(OC(=O)c2ccc(NC3=C(Cl)C(=O)N(c4cc(Cl)ccc4Cl)C3=O)cc2)c1. The van der Waals surface area contributed by atoms with Crippen molar-refractivity contribution < 1.29 is 19.1 Å². The van der Waals surface area contributed by atoms with E-state index in [9.17, 15) is 14.4 Å². The molecule has 0 saturated carbocycles. The highest BCUT2D eigenvalue weighted by Crippen LogP contribution is 2.35. The minimum atomic E-state index is -0.729. The third-order valence-electron chi connectivity index (χ3n) is 5.30. The summed E-state index contributed by atoms with van der Waals surface area (Å²) < 4.78 is 5.48. The van der Waals surface area contributed by atoms with Crippen molar-refractivity contribution >= 4 is 64.0 Å². The number of nitrogens with one attached hydrogen (secondary N) is 1. The molecule has 9 heteroatoms. The second-order valence-electron chi connectivity index (χ2n) is 8.05. The molecule has 0 bridgehead atoms. The molecule has 1 aliphatic rings. The van der Waals surface area contributed by atoms with Gasteiger partial charge in [0.15, 0.2) is 0 Å². The molecular weight excluding hydrogens is 511 g/mol. The Balaban J connectivity index is 1.49. The fourth-order valence-corrected chi connectivity index (χ4v) is 4.01. The Labute approximate surface area is 217 Å². The molecule has 178 valence electrons. The molecule has 1 N–H and O–H groups in total. The van der Waals surface area contributed by atoms with Crippen molar-refractivity contribution in [2.45, 2.75) is 19.8 Å². The van der Waals surface area contributed by atoms with Crippen molar-refractivity contribution in [2.75, 3.05) is 10.2 Å². The van der Waals surface area contributed by atoms with Gasteiger partial charge in [0.25, 0.3) is 11.8 Å². The van der Waals surface area contributed by atoms with E-state index in [2.05, 4.69) is 19.2 Å². The summed E-state index contributed by atoms with van der Waals surface area (Å²) in [5, 5.41) is 3.03. The molecule has 0 spiro atoms. The number of rotatable bonds is 6. The Morgan fingerprint density at radius 1 is 0.914 bits per heavy atom. The Morgan fingerprint density at radius 2 is 1.63 bits per heavy atom. The molecule has 0 aromatic heterocycles. The summed E-state index contributed by atoms with van der Waals surface area (Å²) in [4.78, 5) is 39.1. The van der Waals surface area contributed by atoms with Crippen molar-refractivity contribution in [1.29, 1.82) is 0 Å². The number of amides is 2. The van der Waals surface area contributed by atoms with Gasteiger partial charge in [-0.15, -0.1) is 0 Å². The van der Waals surface area contributed by atoms with Gasteiger partial charge < -0.3 is 10.1 Å². The van der Waals surface area contributed by atoms with Crippen molar-refractivity contribution in [3.05, 3.63) is 98.6 Å². The zero-order valence-corrected chi connectivity index (χ0v) is 20.9. The molecule has 4 rings (SSSR count). The van der Waals surface area contributed by atoms with Crippen molar-refractivity contribution in [3.8, 4) is 5.75 Å². The number of carbonyl (C=O) groups is 3. The van der Waals surface area contributed by atoms with Gasteiger partial charge in [0, 0.05) is 10.7 Å². The molecule has 0 unspecified atom stereocenters. The summed E-state index contributed by atoms with van der Waals surface area (Å²) in [6.45, 7) is 4.11. The highest BCUT2D eigenvalue weighted by molar-refractivity contribution is 6.54. The first-order valence-corrected chi connectivity index (χ1v) is 11.7. The predicted octanol–water partition coefficient (Wildman–Crippen LogP) is 6.77. The lowest BCUT2D eigenvalue weighted by atomic mass is 10.0. The fourth-order valence-electron chi connectivity index (χ4n) is 3.42. The Morgan fingerprint density at radius 3 is 2.31 bits per heavy atom. The van der Waals surface area contributed by atoms with Crippen LogP contribution in [0.4, 0.5) is 11.4 Å². The van der Waals surface area contributed by atoms with Gasteiger partial charge in [0.05, 0.1) is 16.3 Å². The lowest BCUT2D eigenvalue weighted by molar-refractivity contribution is -0.120. The second kappa shape index (κ2) is 10.1. The number of nitrogens with zero attached hydrogens (tertiary/aromatic N) is 1. The molecule has 0 saturated heterocycles. The van der Waals surface area contributed by atoms with E-state index in [1.54, 1.807) is 24.3 Å². The predicted molar refractivity (Wildman–Crippen MR) is 137 cm³/mol. The van der Waals surface area contributed by atoms with Crippen LogP contribution in [0.2, 0.25) is 10.0 Å².